The molecule has 1 aliphatic heterocycles. The van der Waals surface area contributed by atoms with Crippen LogP contribution < -0.4 is 15.0 Å². The highest BCUT2D eigenvalue weighted by atomic mass is 16.5. The van der Waals surface area contributed by atoms with Crippen molar-refractivity contribution in [3.63, 3.8) is 0 Å². The summed E-state index contributed by atoms with van der Waals surface area (Å²) in [5, 5.41) is 12.6. The van der Waals surface area contributed by atoms with E-state index in [-0.39, 0.29) is 11.1 Å². The van der Waals surface area contributed by atoms with E-state index in [0.29, 0.717) is 17.4 Å². The minimum atomic E-state index is -0.427. The van der Waals surface area contributed by atoms with Gasteiger partial charge in [0.05, 0.1) is 7.11 Å². The standard InChI is InChI=1S/C28H35N3O2/c1-8-9-31-25-15-26(33-7)21(14-24(25)20(4)16-28(31,5)6)13-22(17-29)27(32)30-23-11-18(2)10-19(3)12-23/h10-15,20H,8-9,16H2,1-7H3,(H,30,32)/b22-13+. The zero-order valence-corrected chi connectivity index (χ0v) is 20.9. The Morgan fingerprint density at radius 1 is 1.24 bits per heavy atom. The van der Waals surface area contributed by atoms with Crippen LogP contribution >= 0.6 is 0 Å². The summed E-state index contributed by atoms with van der Waals surface area (Å²) in [6.07, 6.45) is 3.72. The van der Waals surface area contributed by atoms with Gasteiger partial charge < -0.3 is 15.0 Å². The molecule has 0 saturated carbocycles. The molecule has 5 nitrogen and oxygen atoms in total. The lowest BCUT2D eigenvalue weighted by molar-refractivity contribution is -0.112. The molecular weight excluding hydrogens is 410 g/mol. The summed E-state index contributed by atoms with van der Waals surface area (Å²) in [5.74, 6) is 0.589. The monoisotopic (exact) mass is 445 g/mol. The Bertz CT molecular complexity index is 1100. The average Bonchev–Trinajstić information content (AvgIpc) is 2.73. The lowest BCUT2D eigenvalue weighted by Crippen LogP contribution is -2.48. The Labute approximate surface area is 198 Å². The van der Waals surface area contributed by atoms with E-state index in [0.717, 1.165) is 36.1 Å². The maximum absolute atomic E-state index is 12.9. The third-order valence-corrected chi connectivity index (χ3v) is 6.33. The number of nitrogens with one attached hydrogen (secondary N) is 1. The number of hydrogen-bond acceptors (Lipinski definition) is 4. The Morgan fingerprint density at radius 2 is 1.91 bits per heavy atom. The van der Waals surface area contributed by atoms with E-state index in [1.807, 2.05) is 32.0 Å². The Kier molecular flexibility index (Phi) is 7.17. The first kappa shape index (κ1) is 24.4. The summed E-state index contributed by atoms with van der Waals surface area (Å²) in [6, 6.07) is 12.0. The van der Waals surface area contributed by atoms with Crippen molar-refractivity contribution >= 4 is 23.4 Å². The highest BCUT2D eigenvalue weighted by Gasteiger charge is 2.36. The molecule has 5 heteroatoms. The van der Waals surface area contributed by atoms with E-state index in [1.54, 1.807) is 13.2 Å². The molecule has 0 radical (unpaired) electrons. The number of hydrogen-bond donors (Lipinski definition) is 1. The molecule has 0 bridgehead atoms. The first-order chi connectivity index (χ1) is 15.6. The molecule has 0 fully saturated rings. The van der Waals surface area contributed by atoms with Gasteiger partial charge in [-0.1, -0.05) is 19.9 Å². The van der Waals surface area contributed by atoms with E-state index >= 15 is 0 Å². The summed E-state index contributed by atoms with van der Waals surface area (Å²) < 4.78 is 5.70. The van der Waals surface area contributed by atoms with Gasteiger partial charge in [0.2, 0.25) is 0 Å². The molecule has 174 valence electrons. The second-order valence-corrected chi connectivity index (χ2v) is 9.72. The van der Waals surface area contributed by atoms with Crippen LogP contribution in [0, 0.1) is 25.2 Å². The van der Waals surface area contributed by atoms with Crippen molar-refractivity contribution in [2.45, 2.75) is 65.8 Å². The molecule has 0 spiro atoms. The maximum Gasteiger partial charge on any atom is 0.266 e. The number of nitrogens with zero attached hydrogens (tertiary/aromatic N) is 2. The lowest BCUT2D eigenvalue weighted by atomic mass is 9.79. The van der Waals surface area contributed by atoms with Crippen molar-refractivity contribution in [3.8, 4) is 11.8 Å². The van der Waals surface area contributed by atoms with Crippen LogP contribution in [0.5, 0.6) is 5.75 Å². The number of fused-ring (bicyclic) bond motifs is 1. The van der Waals surface area contributed by atoms with E-state index < -0.39 is 5.91 Å². The SMILES string of the molecule is CCCN1c2cc(OC)c(/C=C(\C#N)C(=O)Nc3cc(C)cc(C)c3)cc2C(C)CC1(C)C. The summed E-state index contributed by atoms with van der Waals surface area (Å²) in [6.45, 7) is 13.9. The van der Waals surface area contributed by atoms with Gasteiger partial charge in [0.15, 0.2) is 0 Å². The summed E-state index contributed by atoms with van der Waals surface area (Å²) in [5.41, 5.74) is 6.02. The molecular formula is C28H35N3O2. The minimum absolute atomic E-state index is 0.0432. The molecule has 1 N–H and O–H groups in total. The van der Waals surface area contributed by atoms with E-state index in [1.165, 1.54) is 11.3 Å². The number of ether oxygens (including phenoxy) is 1. The molecule has 33 heavy (non-hydrogen) atoms. The average molecular weight is 446 g/mol. The molecule has 0 aromatic heterocycles. The number of anilines is 2. The highest BCUT2D eigenvalue weighted by Crippen LogP contribution is 2.46. The Hall–Kier alpha value is -3.26. The van der Waals surface area contributed by atoms with Crippen LogP contribution in [0.25, 0.3) is 6.08 Å². The molecule has 0 saturated heterocycles. The van der Waals surface area contributed by atoms with Gasteiger partial charge in [-0.2, -0.15) is 5.26 Å². The first-order valence-electron chi connectivity index (χ1n) is 11.6. The zero-order chi connectivity index (χ0) is 24.3. The second kappa shape index (κ2) is 9.70. The summed E-state index contributed by atoms with van der Waals surface area (Å²) in [7, 11) is 1.63. The molecule has 3 rings (SSSR count). The Morgan fingerprint density at radius 3 is 2.48 bits per heavy atom. The van der Waals surface area contributed by atoms with Crippen molar-refractivity contribution in [1.29, 1.82) is 5.26 Å². The normalized spacial score (nSPS) is 17.2. The number of amides is 1. The van der Waals surface area contributed by atoms with E-state index in [2.05, 4.69) is 56.1 Å². The molecule has 1 heterocycles. The van der Waals surface area contributed by atoms with Crippen LogP contribution in [0.1, 0.15) is 68.7 Å². The fraction of sp³-hybridized carbons (Fsp3) is 0.429. The van der Waals surface area contributed by atoms with Crippen molar-refractivity contribution < 1.29 is 9.53 Å². The predicted octanol–water partition coefficient (Wildman–Crippen LogP) is 6.36. The quantitative estimate of drug-likeness (QED) is 0.415. The predicted molar refractivity (Wildman–Crippen MR) is 136 cm³/mol. The van der Waals surface area contributed by atoms with E-state index in [9.17, 15) is 10.1 Å². The van der Waals surface area contributed by atoms with Crippen molar-refractivity contribution in [2.24, 2.45) is 0 Å². The zero-order valence-electron chi connectivity index (χ0n) is 20.9. The fourth-order valence-corrected chi connectivity index (χ4v) is 5.01. The third-order valence-electron chi connectivity index (χ3n) is 6.33. The van der Waals surface area contributed by atoms with Gasteiger partial charge in [-0.15, -0.1) is 0 Å². The van der Waals surface area contributed by atoms with Crippen molar-refractivity contribution in [3.05, 3.63) is 58.2 Å². The van der Waals surface area contributed by atoms with Gasteiger partial charge in [-0.25, -0.2) is 0 Å². The van der Waals surface area contributed by atoms with Gasteiger partial charge in [-0.05, 0) is 87.4 Å². The number of aryl methyl sites for hydroxylation is 2. The largest absolute Gasteiger partial charge is 0.496 e. The van der Waals surface area contributed by atoms with Gasteiger partial charge in [0, 0.05) is 35.1 Å². The fourth-order valence-electron chi connectivity index (χ4n) is 5.01. The molecule has 2 aromatic rings. The molecule has 2 aromatic carbocycles. The van der Waals surface area contributed by atoms with Crippen molar-refractivity contribution in [2.75, 3.05) is 23.9 Å². The maximum atomic E-state index is 12.9. The first-order valence-corrected chi connectivity index (χ1v) is 11.6. The number of rotatable bonds is 6. The van der Waals surface area contributed by atoms with Crippen LogP contribution in [0.15, 0.2) is 35.9 Å². The van der Waals surface area contributed by atoms with Crippen LogP contribution in [0.4, 0.5) is 11.4 Å². The van der Waals surface area contributed by atoms with Gasteiger partial charge in [-0.3, -0.25) is 4.79 Å². The lowest BCUT2D eigenvalue weighted by Gasteiger charge is -2.47. The second-order valence-electron chi connectivity index (χ2n) is 9.72. The van der Waals surface area contributed by atoms with Crippen LogP contribution in [0.2, 0.25) is 0 Å². The number of carbonyl (C=O) groups excluding carboxylic acids is 1. The number of nitriles is 1. The topological polar surface area (TPSA) is 65.4 Å². The third kappa shape index (κ3) is 5.22. The molecule has 1 atom stereocenters. The molecule has 0 aliphatic carbocycles. The van der Waals surface area contributed by atoms with Gasteiger partial charge in [0.25, 0.3) is 5.91 Å². The van der Waals surface area contributed by atoms with Gasteiger partial charge >= 0.3 is 0 Å². The number of carbonyl (C=O) groups is 1. The Balaban J connectivity index is 2.02. The smallest absolute Gasteiger partial charge is 0.266 e. The molecule has 1 unspecified atom stereocenters. The van der Waals surface area contributed by atoms with Crippen LogP contribution in [0.3, 0.4) is 0 Å². The van der Waals surface area contributed by atoms with Crippen molar-refractivity contribution in [1.82, 2.24) is 0 Å². The molecule has 1 amide bonds. The summed E-state index contributed by atoms with van der Waals surface area (Å²) >= 11 is 0. The van der Waals surface area contributed by atoms with E-state index in [4.69, 9.17) is 4.74 Å². The molecule has 1 aliphatic rings. The summed E-state index contributed by atoms with van der Waals surface area (Å²) in [4.78, 5) is 15.3. The van der Waals surface area contributed by atoms with Crippen LogP contribution in [-0.4, -0.2) is 25.1 Å². The number of methoxy groups -OCH3 is 1. The van der Waals surface area contributed by atoms with Gasteiger partial charge in [0.1, 0.15) is 17.4 Å². The van der Waals surface area contributed by atoms with Crippen LogP contribution in [-0.2, 0) is 4.79 Å². The highest BCUT2D eigenvalue weighted by molar-refractivity contribution is 6.10. The minimum Gasteiger partial charge on any atom is -0.496 e. The number of benzene rings is 2.